The van der Waals surface area contributed by atoms with Gasteiger partial charge in [-0.3, -0.25) is 4.79 Å². The summed E-state index contributed by atoms with van der Waals surface area (Å²) in [7, 11) is 0. The normalized spacial score (nSPS) is 10.5. The molecule has 0 saturated carbocycles. The van der Waals surface area contributed by atoms with Gasteiger partial charge in [-0.2, -0.15) is 0 Å². The van der Waals surface area contributed by atoms with E-state index in [9.17, 15) is 4.79 Å². The van der Waals surface area contributed by atoms with E-state index in [1.165, 1.54) is 128 Å². The predicted octanol–water partition coefficient (Wildman–Crippen LogP) is 9.19. The van der Waals surface area contributed by atoms with Gasteiger partial charge in [0.2, 0.25) is 0 Å². The molecule has 0 amide bonds. The molecule has 0 aromatic rings. The fourth-order valence-corrected chi connectivity index (χ4v) is 3.79. The van der Waals surface area contributed by atoms with E-state index < -0.39 is 5.97 Å². The molecule has 0 spiro atoms. The molecule has 0 rings (SSSR count). The Hall–Kier alpha value is -0.830. The number of carbonyl (C=O) groups is 1. The average molecular weight is 440 g/mol. The molecule has 3 N–H and O–H groups in total. The number of hydrogen-bond donors (Lipinski definition) is 2. The van der Waals surface area contributed by atoms with E-state index in [-0.39, 0.29) is 0 Å². The van der Waals surface area contributed by atoms with Gasteiger partial charge < -0.3 is 10.8 Å². The van der Waals surface area contributed by atoms with Crippen LogP contribution >= 0.6 is 0 Å². The number of hydrogen-bond acceptors (Lipinski definition) is 2. The maximum Gasteiger partial charge on any atom is 0.303 e. The van der Waals surface area contributed by atoms with Crippen molar-refractivity contribution in [3.63, 3.8) is 0 Å². The van der Waals surface area contributed by atoms with Gasteiger partial charge in [-0.05, 0) is 32.2 Å². The zero-order valence-electron chi connectivity index (χ0n) is 21.2. The molecule has 0 fully saturated rings. The lowest BCUT2D eigenvalue weighted by atomic mass is 10.0. The molecule has 0 aliphatic rings. The summed E-state index contributed by atoms with van der Waals surface area (Å²) >= 11 is 0. The Labute approximate surface area is 195 Å². The summed E-state index contributed by atoms with van der Waals surface area (Å²) in [5.74, 6) is -0.653. The van der Waals surface area contributed by atoms with Crippen LogP contribution in [0.25, 0.3) is 0 Å². The topological polar surface area (TPSA) is 63.3 Å². The van der Waals surface area contributed by atoms with Crippen LogP contribution in [0.5, 0.6) is 0 Å². The Balaban J connectivity index is 0. The Morgan fingerprint density at radius 3 is 1.35 bits per heavy atom. The molecule has 3 nitrogen and oxygen atoms in total. The average Bonchev–Trinajstić information content (AvgIpc) is 2.76. The molecule has 0 aromatic heterocycles. The van der Waals surface area contributed by atoms with Gasteiger partial charge in [0.1, 0.15) is 0 Å². The van der Waals surface area contributed by atoms with Gasteiger partial charge in [-0.25, -0.2) is 0 Å². The van der Waals surface area contributed by atoms with Crippen LogP contribution in [0.3, 0.4) is 0 Å². The molecule has 0 saturated heterocycles. The van der Waals surface area contributed by atoms with Crippen molar-refractivity contribution in [1.82, 2.24) is 0 Å². The SMILES string of the molecule is C=CCCCCCCCCN.CCCCCCCCCCCCCCCCCC(=O)O. The third kappa shape index (κ3) is 36.9. The second-order valence-corrected chi connectivity index (χ2v) is 9.08. The van der Waals surface area contributed by atoms with Gasteiger partial charge in [0, 0.05) is 6.42 Å². The molecule has 31 heavy (non-hydrogen) atoms. The second kappa shape index (κ2) is 31.4. The number of unbranched alkanes of at least 4 members (excludes halogenated alkanes) is 20. The number of carboxylic acid groups (broad SMARTS) is 1. The van der Waals surface area contributed by atoms with E-state index in [1.54, 1.807) is 0 Å². The third-order valence-corrected chi connectivity index (χ3v) is 5.86. The lowest BCUT2D eigenvalue weighted by Crippen LogP contribution is -1.97. The first-order chi connectivity index (χ1) is 15.2. The van der Waals surface area contributed by atoms with E-state index in [2.05, 4.69) is 13.5 Å². The van der Waals surface area contributed by atoms with Crippen LogP contribution in [0.2, 0.25) is 0 Å². The Kier molecular flexibility index (Phi) is 32.7. The van der Waals surface area contributed by atoms with Crippen LogP contribution in [-0.4, -0.2) is 17.6 Å². The standard InChI is InChI=1S/C18H36O2.C10H21N/c1-2-3-4-5-6-7-8-9-10-11-12-13-14-15-16-17-18(19)20;1-2-3-4-5-6-7-8-9-10-11/h2-17H2,1H3,(H,19,20);2H,1,3-11H2. The highest BCUT2D eigenvalue weighted by atomic mass is 16.4. The summed E-state index contributed by atoms with van der Waals surface area (Å²) in [6.45, 7) is 6.82. The first-order valence-corrected chi connectivity index (χ1v) is 13.7. The highest BCUT2D eigenvalue weighted by Gasteiger charge is 1.97. The summed E-state index contributed by atoms with van der Waals surface area (Å²) < 4.78 is 0. The van der Waals surface area contributed by atoms with Crippen LogP contribution in [0.4, 0.5) is 0 Å². The van der Waals surface area contributed by atoms with E-state index in [0.29, 0.717) is 6.42 Å². The Bertz CT molecular complexity index is 344. The largest absolute Gasteiger partial charge is 0.481 e. The van der Waals surface area contributed by atoms with Crippen LogP contribution in [-0.2, 0) is 4.79 Å². The molecular formula is C28H57NO2. The van der Waals surface area contributed by atoms with Gasteiger partial charge in [-0.15, -0.1) is 6.58 Å². The minimum Gasteiger partial charge on any atom is -0.481 e. The predicted molar refractivity (Wildman–Crippen MR) is 139 cm³/mol. The molecule has 0 aliphatic heterocycles. The lowest BCUT2D eigenvalue weighted by molar-refractivity contribution is -0.137. The first kappa shape index (κ1) is 32.4. The molecule has 0 bridgehead atoms. The maximum absolute atomic E-state index is 10.3. The second-order valence-electron chi connectivity index (χ2n) is 9.08. The smallest absolute Gasteiger partial charge is 0.303 e. The number of rotatable bonds is 24. The summed E-state index contributed by atoms with van der Waals surface area (Å²) in [4.78, 5) is 10.3. The zero-order chi connectivity index (χ0) is 23.3. The molecule has 3 heteroatoms. The minimum atomic E-state index is -0.653. The van der Waals surface area contributed by atoms with E-state index in [0.717, 1.165) is 19.4 Å². The van der Waals surface area contributed by atoms with E-state index in [1.807, 2.05) is 6.08 Å². The van der Waals surface area contributed by atoms with Crippen molar-refractivity contribution in [2.75, 3.05) is 6.54 Å². The number of allylic oxidation sites excluding steroid dienone is 1. The zero-order valence-corrected chi connectivity index (χ0v) is 21.2. The number of nitrogens with two attached hydrogens (primary N) is 1. The van der Waals surface area contributed by atoms with Crippen molar-refractivity contribution in [3.05, 3.63) is 12.7 Å². The molecule has 186 valence electrons. The Morgan fingerprint density at radius 2 is 1.00 bits per heavy atom. The van der Waals surface area contributed by atoms with Gasteiger partial charge in [0.25, 0.3) is 0 Å². The molecule has 0 atom stereocenters. The van der Waals surface area contributed by atoms with Crippen LogP contribution in [0, 0.1) is 0 Å². The molecular weight excluding hydrogens is 382 g/mol. The fraction of sp³-hybridized carbons (Fsp3) is 0.893. The molecule has 0 heterocycles. The quantitative estimate of drug-likeness (QED) is 0.116. The van der Waals surface area contributed by atoms with E-state index >= 15 is 0 Å². The van der Waals surface area contributed by atoms with Gasteiger partial charge in [0.15, 0.2) is 0 Å². The monoisotopic (exact) mass is 439 g/mol. The van der Waals surface area contributed by atoms with Crippen molar-refractivity contribution in [2.45, 2.75) is 155 Å². The summed E-state index contributed by atoms with van der Waals surface area (Å²) in [5.41, 5.74) is 5.38. The highest BCUT2D eigenvalue weighted by Crippen LogP contribution is 2.13. The van der Waals surface area contributed by atoms with Gasteiger partial charge >= 0.3 is 5.97 Å². The van der Waals surface area contributed by atoms with Gasteiger partial charge in [-0.1, -0.05) is 129 Å². The molecule has 0 aliphatic carbocycles. The van der Waals surface area contributed by atoms with Crippen molar-refractivity contribution in [1.29, 1.82) is 0 Å². The first-order valence-electron chi connectivity index (χ1n) is 13.7. The maximum atomic E-state index is 10.3. The van der Waals surface area contributed by atoms with Crippen molar-refractivity contribution < 1.29 is 9.90 Å². The lowest BCUT2D eigenvalue weighted by Gasteiger charge is -2.03. The van der Waals surface area contributed by atoms with Crippen LogP contribution < -0.4 is 5.73 Å². The number of aliphatic carboxylic acids is 1. The summed E-state index contributed by atoms with van der Waals surface area (Å²) in [6.07, 6.45) is 31.3. The Morgan fingerprint density at radius 1 is 0.645 bits per heavy atom. The molecule has 0 unspecified atom stereocenters. The van der Waals surface area contributed by atoms with Crippen molar-refractivity contribution >= 4 is 5.97 Å². The highest BCUT2D eigenvalue weighted by molar-refractivity contribution is 5.66. The van der Waals surface area contributed by atoms with Crippen LogP contribution in [0.1, 0.15) is 155 Å². The van der Waals surface area contributed by atoms with E-state index in [4.69, 9.17) is 10.8 Å². The van der Waals surface area contributed by atoms with Crippen LogP contribution in [0.15, 0.2) is 12.7 Å². The number of carboxylic acids is 1. The summed E-state index contributed by atoms with van der Waals surface area (Å²) in [5, 5.41) is 8.52. The fourth-order valence-electron chi connectivity index (χ4n) is 3.79. The summed E-state index contributed by atoms with van der Waals surface area (Å²) in [6, 6.07) is 0. The molecule has 0 aromatic carbocycles. The minimum absolute atomic E-state index is 0.345. The van der Waals surface area contributed by atoms with Crippen molar-refractivity contribution in [3.8, 4) is 0 Å². The third-order valence-electron chi connectivity index (χ3n) is 5.86. The van der Waals surface area contributed by atoms with Gasteiger partial charge in [0.05, 0.1) is 0 Å². The van der Waals surface area contributed by atoms with Crippen molar-refractivity contribution in [2.24, 2.45) is 5.73 Å². The molecule has 0 radical (unpaired) electrons.